The summed E-state index contributed by atoms with van der Waals surface area (Å²) in [5, 5.41) is 12.4. The molecule has 8 aromatic rings. The number of carbonyl (C=O) groups excluding carboxylic acids is 1. The number of carboxylic acids is 1. The van der Waals surface area contributed by atoms with Crippen LogP contribution in [0.1, 0.15) is 10.5 Å². The van der Waals surface area contributed by atoms with Crippen LogP contribution >= 0.6 is 23.2 Å². The Balaban J connectivity index is 0.000000182. The Morgan fingerprint density at radius 2 is 0.981 bits per heavy atom. The van der Waals surface area contributed by atoms with Gasteiger partial charge in [-0.15, -0.1) is 0 Å². The molecule has 0 unspecified atom stereocenters. The van der Waals surface area contributed by atoms with Crippen molar-refractivity contribution in [1.29, 1.82) is 0 Å². The minimum Gasteiger partial charge on any atom is -0.543 e. The zero-order chi connectivity index (χ0) is 37.3. The van der Waals surface area contributed by atoms with Crippen molar-refractivity contribution < 1.29 is 45.6 Å². The molecule has 0 saturated heterocycles. The molecule has 12 nitrogen and oxygen atoms in total. The van der Waals surface area contributed by atoms with Crippen molar-refractivity contribution in [1.82, 2.24) is 27.9 Å². The summed E-state index contributed by atoms with van der Waals surface area (Å²) in [6, 6.07) is 36.4. The first-order valence-corrected chi connectivity index (χ1v) is 19.2. The number of carboxylic acid groups (broad SMARTS) is 1. The summed E-state index contributed by atoms with van der Waals surface area (Å²) in [6.45, 7) is 0. The molecule has 0 saturated carbocycles. The third-order valence-corrected chi connectivity index (χ3v) is 11.9. The molecule has 0 atom stereocenters. The van der Waals surface area contributed by atoms with Gasteiger partial charge in [0, 0.05) is 17.3 Å². The van der Waals surface area contributed by atoms with Crippen molar-refractivity contribution in [3.63, 3.8) is 0 Å². The number of hydrogen-bond donors (Lipinski definition) is 0. The summed E-state index contributed by atoms with van der Waals surface area (Å²) in [4.78, 5) is 28.9. The second-order valence-electron chi connectivity index (χ2n) is 11.2. The number of nitrogens with zero attached hydrogens (tertiary/aromatic N) is 6. The van der Waals surface area contributed by atoms with Crippen molar-refractivity contribution in [3.8, 4) is 22.8 Å². The standard InChI is InChI=1S/C19H12ClN3O4S.C18H12ClN3O2S.Li/c20-16-14-11-15(19(24)25)23(28(26,27)13-9-5-2-6-10-13)18(14)22-17(21-16)12-7-3-1-4-8-12;19-16-15-11-12-22(25(23,24)14-9-5-2-6-10-14)18(15)21-17(20-16)13-7-3-1-4-8-13;/h1-11H,(H,24,25);1-12H;/q;;+1/p-1. The molecular weight excluding hydrogens is 766 g/mol. The Bertz CT molecular complexity index is 2860. The van der Waals surface area contributed by atoms with Crippen LogP contribution in [0.3, 0.4) is 0 Å². The molecule has 8 rings (SSSR count). The second-order valence-corrected chi connectivity index (χ2v) is 15.5. The van der Waals surface area contributed by atoms with Gasteiger partial charge in [-0.2, -0.15) is 0 Å². The fourth-order valence-corrected chi connectivity index (χ4v) is 8.62. The number of benzene rings is 4. The van der Waals surface area contributed by atoms with E-state index in [4.69, 9.17) is 23.2 Å². The molecule has 0 aliphatic heterocycles. The molecule has 264 valence electrons. The second kappa shape index (κ2) is 15.6. The summed E-state index contributed by atoms with van der Waals surface area (Å²) in [5.74, 6) is -1.12. The van der Waals surface area contributed by atoms with Crippen LogP contribution in [0.25, 0.3) is 44.8 Å². The molecule has 0 aliphatic carbocycles. The maximum atomic E-state index is 13.2. The molecular formula is C37H23Cl2LiN6O6S2. The van der Waals surface area contributed by atoms with Crippen molar-refractivity contribution in [3.05, 3.63) is 156 Å². The zero-order valence-electron chi connectivity index (χ0n) is 28.0. The number of carbonyl (C=O) groups is 1. The first kappa shape index (κ1) is 38.4. The van der Waals surface area contributed by atoms with E-state index in [1.165, 1.54) is 30.5 Å². The summed E-state index contributed by atoms with van der Waals surface area (Å²) >= 11 is 12.5. The van der Waals surface area contributed by atoms with Crippen LogP contribution in [0.5, 0.6) is 0 Å². The molecule has 0 fully saturated rings. The van der Waals surface area contributed by atoms with Crippen LogP contribution in [-0.2, 0) is 20.0 Å². The zero-order valence-corrected chi connectivity index (χ0v) is 31.1. The molecule has 4 heterocycles. The summed E-state index contributed by atoms with van der Waals surface area (Å²) in [6.07, 6.45) is 1.45. The normalized spacial score (nSPS) is 11.4. The van der Waals surface area contributed by atoms with E-state index in [-0.39, 0.29) is 61.5 Å². The predicted octanol–water partition coefficient (Wildman–Crippen LogP) is 3.34. The first-order chi connectivity index (χ1) is 25.5. The van der Waals surface area contributed by atoms with Crippen molar-refractivity contribution >= 4 is 71.3 Å². The van der Waals surface area contributed by atoms with E-state index in [0.717, 1.165) is 15.6 Å². The number of halogens is 2. The van der Waals surface area contributed by atoms with Gasteiger partial charge in [-0.05, 0) is 36.4 Å². The summed E-state index contributed by atoms with van der Waals surface area (Å²) in [7, 11) is -8.04. The van der Waals surface area contributed by atoms with Crippen LogP contribution in [0, 0.1) is 0 Å². The van der Waals surface area contributed by atoms with Gasteiger partial charge in [0.1, 0.15) is 10.3 Å². The van der Waals surface area contributed by atoms with Gasteiger partial charge in [-0.1, -0.05) is 120 Å². The predicted molar refractivity (Wildman–Crippen MR) is 198 cm³/mol. The average molecular weight is 790 g/mol. The Morgan fingerprint density at radius 3 is 1.46 bits per heavy atom. The van der Waals surface area contributed by atoms with E-state index in [1.54, 1.807) is 72.8 Å². The molecule has 0 bridgehead atoms. The van der Waals surface area contributed by atoms with E-state index in [0.29, 0.717) is 20.7 Å². The van der Waals surface area contributed by atoms with Gasteiger partial charge in [0.05, 0.1) is 32.2 Å². The van der Waals surface area contributed by atoms with Gasteiger partial charge in [0.25, 0.3) is 20.0 Å². The first-order valence-electron chi connectivity index (χ1n) is 15.5. The molecule has 0 amide bonds. The molecule has 17 heteroatoms. The maximum absolute atomic E-state index is 13.2. The third-order valence-electron chi connectivity index (χ3n) is 7.89. The van der Waals surface area contributed by atoms with Crippen LogP contribution in [-0.4, -0.2) is 50.7 Å². The van der Waals surface area contributed by atoms with Gasteiger partial charge in [-0.3, -0.25) is 0 Å². The number of aromatic carboxylic acids is 1. The molecule has 4 aromatic carbocycles. The summed E-state index contributed by atoms with van der Waals surface area (Å²) < 4.78 is 53.9. The van der Waals surface area contributed by atoms with E-state index >= 15 is 0 Å². The van der Waals surface area contributed by atoms with Gasteiger partial charge < -0.3 is 9.90 Å². The summed E-state index contributed by atoms with van der Waals surface area (Å²) in [5.41, 5.74) is 0.896. The third kappa shape index (κ3) is 7.27. The van der Waals surface area contributed by atoms with Crippen LogP contribution in [0.4, 0.5) is 0 Å². The van der Waals surface area contributed by atoms with E-state index < -0.39 is 31.7 Å². The number of hydrogen-bond acceptors (Lipinski definition) is 10. The topological polar surface area (TPSA) is 170 Å². The van der Waals surface area contributed by atoms with Gasteiger partial charge in [0.2, 0.25) is 0 Å². The minimum atomic E-state index is -4.27. The monoisotopic (exact) mass is 788 g/mol. The van der Waals surface area contributed by atoms with E-state index in [1.807, 2.05) is 30.3 Å². The van der Waals surface area contributed by atoms with Crippen molar-refractivity contribution in [2.75, 3.05) is 0 Å². The Morgan fingerprint density at radius 1 is 0.556 bits per heavy atom. The fourth-order valence-electron chi connectivity index (χ4n) is 5.39. The Labute approximate surface area is 331 Å². The SMILES string of the molecule is O=C([O-])c1cc2c(Cl)nc(-c3ccccc3)nc2n1S(=O)(=O)c1ccccc1.O=S(=O)(c1ccccc1)n1ccc2c(Cl)nc(-c3ccccc3)nc21.[Li+]. The molecule has 4 aromatic heterocycles. The van der Waals surface area contributed by atoms with Crippen LogP contribution < -0.4 is 24.0 Å². The number of fused-ring (bicyclic) bond motifs is 2. The maximum Gasteiger partial charge on any atom is 1.00 e. The number of rotatable bonds is 7. The molecule has 0 spiro atoms. The van der Waals surface area contributed by atoms with E-state index in [2.05, 4.69) is 19.9 Å². The molecule has 0 N–H and O–H groups in total. The van der Waals surface area contributed by atoms with E-state index in [9.17, 15) is 26.7 Å². The van der Waals surface area contributed by atoms with Gasteiger partial charge >= 0.3 is 18.9 Å². The average Bonchev–Trinajstić information content (AvgIpc) is 3.81. The van der Waals surface area contributed by atoms with Crippen LogP contribution in [0.2, 0.25) is 10.3 Å². The smallest absolute Gasteiger partial charge is 0.543 e. The Kier molecular flexibility index (Phi) is 11.1. The molecule has 54 heavy (non-hydrogen) atoms. The van der Waals surface area contributed by atoms with Crippen molar-refractivity contribution in [2.45, 2.75) is 9.79 Å². The number of aromatic nitrogens is 6. The van der Waals surface area contributed by atoms with Gasteiger partial charge in [-0.25, -0.2) is 44.7 Å². The Hall–Kier alpha value is -5.33. The fraction of sp³-hybridized carbons (Fsp3) is 0. The van der Waals surface area contributed by atoms with Crippen LogP contribution in [0.15, 0.2) is 149 Å². The quantitative estimate of drug-likeness (QED) is 0.173. The van der Waals surface area contributed by atoms with Gasteiger partial charge in [0.15, 0.2) is 22.9 Å². The minimum absolute atomic E-state index is 0. The molecule has 0 radical (unpaired) electrons. The largest absolute Gasteiger partial charge is 1.00 e. The van der Waals surface area contributed by atoms with Crippen molar-refractivity contribution in [2.24, 2.45) is 0 Å². The molecule has 0 aliphatic rings.